The van der Waals surface area contributed by atoms with Crippen LogP contribution in [-0.2, 0) is 4.74 Å². The number of pyridine rings is 1. The van der Waals surface area contributed by atoms with Gasteiger partial charge in [0, 0.05) is 24.0 Å². The predicted molar refractivity (Wildman–Crippen MR) is 138 cm³/mol. The summed E-state index contributed by atoms with van der Waals surface area (Å²) in [6.07, 6.45) is 3.70. The van der Waals surface area contributed by atoms with Crippen LogP contribution >= 0.6 is 0 Å². The molecule has 7 heteroatoms. The van der Waals surface area contributed by atoms with E-state index in [-0.39, 0.29) is 6.10 Å². The van der Waals surface area contributed by atoms with Crippen molar-refractivity contribution in [1.82, 2.24) is 14.8 Å². The van der Waals surface area contributed by atoms with E-state index in [4.69, 9.17) is 14.6 Å². The first-order valence-electron chi connectivity index (χ1n) is 11.5. The number of aryl methyl sites for hydroxylation is 3. The standard InChI is InChI=1S/C28H30N4O3/c1-17(2)35-22-9-7-8-21(13-22)25-14-26(32(31-25)27-19(4)15-29-16-20(27)5)30-24-11-10-18(3)12-23(24)28(33)34-6/h7-17,30H,1-6H3. The summed E-state index contributed by atoms with van der Waals surface area (Å²) >= 11 is 0. The molecule has 4 rings (SSSR count). The second kappa shape index (κ2) is 10.0. The minimum atomic E-state index is -0.405. The lowest BCUT2D eigenvalue weighted by atomic mass is 10.1. The zero-order valence-electron chi connectivity index (χ0n) is 20.9. The number of esters is 1. The fraction of sp³-hybridized carbons (Fsp3) is 0.250. The number of hydrogen-bond acceptors (Lipinski definition) is 6. The Labute approximate surface area is 205 Å². The van der Waals surface area contributed by atoms with Crippen molar-refractivity contribution in [3.05, 3.63) is 83.2 Å². The highest BCUT2D eigenvalue weighted by Crippen LogP contribution is 2.32. The van der Waals surface area contributed by atoms with E-state index in [9.17, 15) is 4.79 Å². The smallest absolute Gasteiger partial charge is 0.339 e. The minimum Gasteiger partial charge on any atom is -0.491 e. The minimum absolute atomic E-state index is 0.0698. The summed E-state index contributed by atoms with van der Waals surface area (Å²) in [6.45, 7) is 9.94. The Morgan fingerprint density at radius 2 is 1.74 bits per heavy atom. The Morgan fingerprint density at radius 3 is 2.43 bits per heavy atom. The monoisotopic (exact) mass is 470 g/mol. The van der Waals surface area contributed by atoms with E-state index in [1.165, 1.54) is 7.11 Å². The van der Waals surface area contributed by atoms with E-state index in [1.54, 1.807) is 0 Å². The number of aromatic nitrogens is 3. The molecule has 0 amide bonds. The van der Waals surface area contributed by atoms with E-state index in [0.29, 0.717) is 17.1 Å². The zero-order chi connectivity index (χ0) is 25.1. The van der Waals surface area contributed by atoms with Crippen molar-refractivity contribution in [2.75, 3.05) is 12.4 Å². The SMILES string of the molecule is COC(=O)c1cc(C)ccc1Nc1cc(-c2cccc(OC(C)C)c2)nn1-c1c(C)cncc1C. The fourth-order valence-electron chi connectivity index (χ4n) is 3.99. The van der Waals surface area contributed by atoms with Crippen molar-refractivity contribution in [2.24, 2.45) is 0 Å². The Morgan fingerprint density at radius 1 is 1.00 bits per heavy atom. The third-order valence-corrected chi connectivity index (χ3v) is 5.55. The number of carbonyl (C=O) groups is 1. The van der Waals surface area contributed by atoms with Gasteiger partial charge in [0.25, 0.3) is 0 Å². The lowest BCUT2D eigenvalue weighted by molar-refractivity contribution is 0.0601. The third-order valence-electron chi connectivity index (χ3n) is 5.55. The van der Waals surface area contributed by atoms with Gasteiger partial charge in [0.05, 0.1) is 35.8 Å². The molecule has 2 heterocycles. The summed E-state index contributed by atoms with van der Waals surface area (Å²) in [6, 6.07) is 15.5. The van der Waals surface area contributed by atoms with E-state index in [1.807, 2.05) is 100 Å². The number of ether oxygens (including phenoxy) is 2. The van der Waals surface area contributed by atoms with Gasteiger partial charge >= 0.3 is 5.97 Å². The molecule has 0 atom stereocenters. The molecule has 0 aliphatic carbocycles. The highest BCUT2D eigenvalue weighted by atomic mass is 16.5. The van der Waals surface area contributed by atoms with Crippen LogP contribution in [-0.4, -0.2) is 33.9 Å². The molecule has 0 unspecified atom stereocenters. The average Bonchev–Trinajstić information content (AvgIpc) is 3.22. The molecule has 0 radical (unpaired) electrons. The van der Waals surface area contributed by atoms with E-state index >= 15 is 0 Å². The van der Waals surface area contributed by atoms with Gasteiger partial charge in [-0.1, -0.05) is 23.8 Å². The maximum absolute atomic E-state index is 12.5. The van der Waals surface area contributed by atoms with Gasteiger partial charge in [-0.25, -0.2) is 9.48 Å². The van der Waals surface area contributed by atoms with Crippen molar-refractivity contribution in [1.29, 1.82) is 0 Å². The first kappa shape index (κ1) is 24.0. The van der Waals surface area contributed by atoms with E-state index < -0.39 is 5.97 Å². The van der Waals surface area contributed by atoms with Crippen molar-refractivity contribution in [3.8, 4) is 22.7 Å². The van der Waals surface area contributed by atoms with Crippen LogP contribution in [0.2, 0.25) is 0 Å². The van der Waals surface area contributed by atoms with Gasteiger partial charge in [-0.2, -0.15) is 5.10 Å². The van der Waals surface area contributed by atoms with Crippen LogP contribution < -0.4 is 10.1 Å². The van der Waals surface area contributed by atoms with Crippen molar-refractivity contribution < 1.29 is 14.3 Å². The van der Waals surface area contributed by atoms with Gasteiger partial charge in [-0.05, 0) is 70.0 Å². The van der Waals surface area contributed by atoms with Gasteiger partial charge in [0.2, 0.25) is 0 Å². The van der Waals surface area contributed by atoms with Gasteiger partial charge in [0.15, 0.2) is 0 Å². The summed E-state index contributed by atoms with van der Waals surface area (Å²) in [5.74, 6) is 1.09. The molecule has 180 valence electrons. The molecule has 2 aromatic heterocycles. The largest absolute Gasteiger partial charge is 0.491 e. The number of hydrogen-bond donors (Lipinski definition) is 1. The first-order chi connectivity index (χ1) is 16.8. The van der Waals surface area contributed by atoms with E-state index in [0.717, 1.165) is 39.4 Å². The quantitative estimate of drug-likeness (QED) is 0.325. The highest BCUT2D eigenvalue weighted by molar-refractivity contribution is 5.96. The van der Waals surface area contributed by atoms with Crippen LogP contribution in [0.3, 0.4) is 0 Å². The molecule has 0 saturated heterocycles. The lowest BCUT2D eigenvalue weighted by Gasteiger charge is -2.15. The molecule has 7 nitrogen and oxygen atoms in total. The van der Waals surface area contributed by atoms with Gasteiger partial charge in [-0.3, -0.25) is 4.98 Å². The van der Waals surface area contributed by atoms with Crippen LogP contribution in [0.15, 0.2) is 60.9 Å². The molecular formula is C28H30N4O3. The lowest BCUT2D eigenvalue weighted by Crippen LogP contribution is -2.10. The molecule has 0 aliphatic rings. The Kier molecular flexibility index (Phi) is 6.87. The van der Waals surface area contributed by atoms with Gasteiger partial charge in [0.1, 0.15) is 11.6 Å². The molecule has 4 aromatic rings. The Hall–Kier alpha value is -4.13. The van der Waals surface area contributed by atoms with Crippen LogP contribution in [0.5, 0.6) is 5.75 Å². The Bertz CT molecular complexity index is 1350. The number of rotatable bonds is 7. The van der Waals surface area contributed by atoms with Crippen molar-refractivity contribution in [2.45, 2.75) is 40.7 Å². The van der Waals surface area contributed by atoms with E-state index in [2.05, 4.69) is 10.3 Å². The molecule has 0 saturated carbocycles. The van der Waals surface area contributed by atoms with Crippen LogP contribution in [0.4, 0.5) is 11.5 Å². The Balaban J connectivity index is 1.86. The second-order valence-corrected chi connectivity index (χ2v) is 8.81. The number of carbonyl (C=O) groups excluding carboxylic acids is 1. The molecular weight excluding hydrogens is 440 g/mol. The first-order valence-corrected chi connectivity index (χ1v) is 11.5. The van der Waals surface area contributed by atoms with Crippen molar-refractivity contribution >= 4 is 17.5 Å². The van der Waals surface area contributed by atoms with Crippen molar-refractivity contribution in [3.63, 3.8) is 0 Å². The second-order valence-electron chi connectivity index (χ2n) is 8.81. The summed E-state index contributed by atoms with van der Waals surface area (Å²) in [5, 5.41) is 8.38. The maximum Gasteiger partial charge on any atom is 0.339 e. The summed E-state index contributed by atoms with van der Waals surface area (Å²) in [7, 11) is 1.38. The number of nitrogens with one attached hydrogen (secondary N) is 1. The molecule has 0 aliphatic heterocycles. The predicted octanol–water partition coefficient (Wildman–Crippen LogP) is 6.18. The van der Waals surface area contributed by atoms with Gasteiger partial charge < -0.3 is 14.8 Å². The summed E-state index contributed by atoms with van der Waals surface area (Å²) in [4.78, 5) is 16.8. The molecule has 1 N–H and O–H groups in total. The highest BCUT2D eigenvalue weighted by Gasteiger charge is 2.19. The molecule has 35 heavy (non-hydrogen) atoms. The summed E-state index contributed by atoms with van der Waals surface area (Å²) < 4.78 is 12.8. The topological polar surface area (TPSA) is 78.3 Å². The number of anilines is 2. The number of nitrogens with zero attached hydrogens (tertiary/aromatic N) is 3. The molecule has 2 aromatic carbocycles. The fourth-order valence-corrected chi connectivity index (χ4v) is 3.99. The maximum atomic E-state index is 12.5. The average molecular weight is 471 g/mol. The summed E-state index contributed by atoms with van der Waals surface area (Å²) in [5.41, 5.74) is 6.64. The molecule has 0 fully saturated rings. The number of benzene rings is 2. The number of methoxy groups -OCH3 is 1. The molecule has 0 spiro atoms. The third kappa shape index (κ3) is 5.19. The van der Waals surface area contributed by atoms with Crippen LogP contribution in [0, 0.1) is 20.8 Å². The van der Waals surface area contributed by atoms with Crippen LogP contribution in [0.25, 0.3) is 16.9 Å². The van der Waals surface area contributed by atoms with Gasteiger partial charge in [-0.15, -0.1) is 0 Å². The normalized spacial score (nSPS) is 10.9. The molecule has 0 bridgehead atoms. The zero-order valence-corrected chi connectivity index (χ0v) is 20.9. The van der Waals surface area contributed by atoms with Crippen LogP contribution in [0.1, 0.15) is 40.9 Å².